The van der Waals surface area contributed by atoms with E-state index >= 15 is 0 Å². The van der Waals surface area contributed by atoms with Crippen molar-refractivity contribution in [1.29, 1.82) is 0 Å². The Morgan fingerprint density at radius 2 is 2.10 bits per heavy atom. The summed E-state index contributed by atoms with van der Waals surface area (Å²) in [5.74, 6) is 0.941. The van der Waals surface area contributed by atoms with Crippen molar-refractivity contribution in [2.24, 2.45) is 0 Å². The molecule has 1 unspecified atom stereocenters. The SMILES string of the molecule is OC1(CNC2CCOc3ccc(Br)cc32)CCOCC1. The first-order valence-corrected chi connectivity index (χ1v) is 7.91. The maximum Gasteiger partial charge on any atom is 0.124 e. The third-order valence-electron chi connectivity index (χ3n) is 4.11. The Balaban J connectivity index is 1.68. The van der Waals surface area contributed by atoms with Crippen LogP contribution in [0.4, 0.5) is 0 Å². The van der Waals surface area contributed by atoms with Crippen molar-refractivity contribution in [2.45, 2.75) is 30.9 Å². The minimum Gasteiger partial charge on any atom is -0.493 e. The topological polar surface area (TPSA) is 50.7 Å². The molecule has 0 aromatic heterocycles. The lowest BCUT2D eigenvalue weighted by Gasteiger charge is -2.35. The quantitative estimate of drug-likeness (QED) is 0.886. The number of hydrogen-bond donors (Lipinski definition) is 2. The molecule has 5 heteroatoms. The van der Waals surface area contributed by atoms with Gasteiger partial charge in [-0.1, -0.05) is 15.9 Å². The van der Waals surface area contributed by atoms with Crippen molar-refractivity contribution in [3.63, 3.8) is 0 Å². The molecule has 0 spiro atoms. The maximum atomic E-state index is 10.5. The predicted octanol–water partition coefficient (Wildman–Crippen LogP) is 2.40. The number of ether oxygens (including phenoxy) is 2. The Labute approximate surface area is 127 Å². The standard InChI is InChI=1S/C15H20BrNO3/c16-11-1-2-14-12(9-11)13(3-6-20-14)17-10-15(18)4-7-19-8-5-15/h1-2,9,13,17-18H,3-8,10H2. The van der Waals surface area contributed by atoms with Crippen LogP contribution in [-0.2, 0) is 4.74 Å². The van der Waals surface area contributed by atoms with Crippen molar-refractivity contribution in [3.8, 4) is 5.75 Å². The van der Waals surface area contributed by atoms with Gasteiger partial charge in [-0.25, -0.2) is 0 Å². The van der Waals surface area contributed by atoms with Gasteiger partial charge in [-0.3, -0.25) is 0 Å². The first-order valence-electron chi connectivity index (χ1n) is 7.12. The van der Waals surface area contributed by atoms with Crippen molar-refractivity contribution in [3.05, 3.63) is 28.2 Å². The Morgan fingerprint density at radius 3 is 2.90 bits per heavy atom. The lowest BCUT2D eigenvalue weighted by Crippen LogP contribution is -2.46. The third-order valence-corrected chi connectivity index (χ3v) is 4.61. The van der Waals surface area contributed by atoms with Crippen LogP contribution in [0.1, 0.15) is 30.9 Å². The number of benzene rings is 1. The van der Waals surface area contributed by atoms with Gasteiger partial charge in [0.05, 0.1) is 12.2 Å². The molecule has 2 heterocycles. The highest BCUT2D eigenvalue weighted by Crippen LogP contribution is 2.34. The lowest BCUT2D eigenvalue weighted by atomic mass is 9.93. The number of hydrogen-bond acceptors (Lipinski definition) is 4. The molecule has 1 aromatic rings. The molecule has 1 saturated heterocycles. The first kappa shape index (κ1) is 14.3. The van der Waals surface area contributed by atoms with Crippen LogP contribution in [-0.4, -0.2) is 37.1 Å². The van der Waals surface area contributed by atoms with Crippen LogP contribution in [0, 0.1) is 0 Å². The molecular formula is C15H20BrNO3. The Bertz CT molecular complexity index is 474. The van der Waals surface area contributed by atoms with Gasteiger partial charge in [0.15, 0.2) is 0 Å². The molecule has 0 radical (unpaired) electrons. The second-order valence-corrected chi connectivity index (χ2v) is 6.51. The largest absolute Gasteiger partial charge is 0.493 e. The summed E-state index contributed by atoms with van der Waals surface area (Å²) in [7, 11) is 0. The van der Waals surface area contributed by atoms with Gasteiger partial charge >= 0.3 is 0 Å². The molecule has 4 nitrogen and oxygen atoms in total. The molecule has 0 saturated carbocycles. The summed E-state index contributed by atoms with van der Waals surface area (Å²) in [6.07, 6.45) is 2.33. The summed E-state index contributed by atoms with van der Waals surface area (Å²) in [5, 5.41) is 14.0. The molecule has 2 aliphatic rings. The smallest absolute Gasteiger partial charge is 0.124 e. The molecule has 0 amide bonds. The molecule has 0 bridgehead atoms. The van der Waals surface area contributed by atoms with Crippen LogP contribution in [0.5, 0.6) is 5.75 Å². The van der Waals surface area contributed by atoms with Crippen LogP contribution in [0.3, 0.4) is 0 Å². The van der Waals surface area contributed by atoms with E-state index in [4.69, 9.17) is 9.47 Å². The van der Waals surface area contributed by atoms with Gasteiger partial charge in [-0.15, -0.1) is 0 Å². The third kappa shape index (κ3) is 3.17. The van der Waals surface area contributed by atoms with E-state index in [1.807, 2.05) is 12.1 Å². The highest BCUT2D eigenvalue weighted by molar-refractivity contribution is 9.10. The van der Waals surface area contributed by atoms with Gasteiger partial charge in [0.25, 0.3) is 0 Å². The maximum absolute atomic E-state index is 10.5. The van der Waals surface area contributed by atoms with Crippen molar-refractivity contribution in [1.82, 2.24) is 5.32 Å². The van der Waals surface area contributed by atoms with Crippen molar-refractivity contribution in [2.75, 3.05) is 26.4 Å². The van der Waals surface area contributed by atoms with Gasteiger partial charge in [-0.2, -0.15) is 0 Å². The summed E-state index contributed by atoms with van der Waals surface area (Å²) >= 11 is 3.51. The molecule has 3 rings (SSSR count). The fourth-order valence-electron chi connectivity index (χ4n) is 2.82. The van der Waals surface area contributed by atoms with Crippen molar-refractivity contribution < 1.29 is 14.6 Å². The zero-order chi connectivity index (χ0) is 14.0. The second-order valence-electron chi connectivity index (χ2n) is 5.59. The van der Waals surface area contributed by atoms with Gasteiger partial charge in [0.1, 0.15) is 5.75 Å². The van der Waals surface area contributed by atoms with E-state index in [0.717, 1.165) is 16.6 Å². The summed E-state index contributed by atoms with van der Waals surface area (Å²) in [6, 6.07) is 6.33. The number of halogens is 1. The Morgan fingerprint density at radius 1 is 1.30 bits per heavy atom. The number of fused-ring (bicyclic) bond motifs is 1. The predicted molar refractivity (Wildman–Crippen MR) is 80.0 cm³/mol. The van der Waals surface area contributed by atoms with Gasteiger partial charge < -0.3 is 19.9 Å². The average molecular weight is 342 g/mol. The fourth-order valence-corrected chi connectivity index (χ4v) is 3.20. The zero-order valence-electron chi connectivity index (χ0n) is 11.4. The monoisotopic (exact) mass is 341 g/mol. The van der Waals surface area contributed by atoms with E-state index in [2.05, 4.69) is 27.3 Å². The van der Waals surface area contributed by atoms with E-state index in [1.165, 1.54) is 5.56 Å². The van der Waals surface area contributed by atoms with Gasteiger partial charge in [0.2, 0.25) is 0 Å². The molecule has 2 aliphatic heterocycles. The Hall–Kier alpha value is -0.620. The van der Waals surface area contributed by atoms with E-state index in [9.17, 15) is 5.11 Å². The molecule has 0 aliphatic carbocycles. The van der Waals surface area contributed by atoms with E-state index < -0.39 is 5.60 Å². The molecule has 1 atom stereocenters. The highest BCUT2D eigenvalue weighted by atomic mass is 79.9. The minimum atomic E-state index is -0.636. The van der Waals surface area contributed by atoms with Crippen LogP contribution in [0.15, 0.2) is 22.7 Å². The van der Waals surface area contributed by atoms with Crippen LogP contribution < -0.4 is 10.1 Å². The second kappa shape index (κ2) is 6.02. The fraction of sp³-hybridized carbons (Fsp3) is 0.600. The number of aliphatic hydroxyl groups is 1. The van der Waals surface area contributed by atoms with Crippen LogP contribution in [0.25, 0.3) is 0 Å². The average Bonchev–Trinajstić information content (AvgIpc) is 2.46. The van der Waals surface area contributed by atoms with E-state index in [0.29, 0.717) is 39.2 Å². The van der Waals surface area contributed by atoms with Gasteiger partial charge in [-0.05, 0) is 18.2 Å². The van der Waals surface area contributed by atoms with Gasteiger partial charge in [0, 0.05) is 55.1 Å². The number of rotatable bonds is 3. The molecule has 1 fully saturated rings. The summed E-state index contributed by atoms with van der Waals surface area (Å²) in [5.41, 5.74) is 0.532. The number of nitrogens with one attached hydrogen (secondary N) is 1. The summed E-state index contributed by atoms with van der Waals surface area (Å²) < 4.78 is 12.1. The summed E-state index contributed by atoms with van der Waals surface area (Å²) in [4.78, 5) is 0. The molecular weight excluding hydrogens is 322 g/mol. The first-order chi connectivity index (χ1) is 9.66. The molecule has 2 N–H and O–H groups in total. The minimum absolute atomic E-state index is 0.239. The molecule has 110 valence electrons. The van der Waals surface area contributed by atoms with Crippen LogP contribution in [0.2, 0.25) is 0 Å². The van der Waals surface area contributed by atoms with Crippen LogP contribution >= 0.6 is 15.9 Å². The van der Waals surface area contributed by atoms with E-state index in [1.54, 1.807) is 0 Å². The zero-order valence-corrected chi connectivity index (χ0v) is 13.0. The molecule has 20 heavy (non-hydrogen) atoms. The Kier molecular flexibility index (Phi) is 4.31. The normalized spacial score (nSPS) is 24.8. The van der Waals surface area contributed by atoms with E-state index in [-0.39, 0.29) is 6.04 Å². The highest BCUT2D eigenvalue weighted by Gasteiger charge is 2.31. The lowest BCUT2D eigenvalue weighted by molar-refractivity contribution is -0.0632. The van der Waals surface area contributed by atoms with Crippen molar-refractivity contribution >= 4 is 15.9 Å². The molecule has 1 aromatic carbocycles. The summed E-state index contributed by atoms with van der Waals surface area (Å²) in [6.45, 7) is 2.61.